The Morgan fingerprint density at radius 1 is 0.449 bits per heavy atom. The fourth-order valence-corrected chi connectivity index (χ4v) is 7.94. The topological polar surface area (TPSA) is 86.3 Å². The van der Waals surface area contributed by atoms with Gasteiger partial charge >= 0.3 is 0 Å². The van der Waals surface area contributed by atoms with Crippen LogP contribution in [0, 0.1) is 41.5 Å². The molecule has 0 atom stereocenters. The molecule has 5 heterocycles. The first-order chi connectivity index (χ1) is 23.7. The molecule has 7 aromatic rings. The van der Waals surface area contributed by atoms with Crippen molar-refractivity contribution in [2.24, 2.45) is 5.73 Å². The summed E-state index contributed by atoms with van der Waals surface area (Å²) in [5.41, 5.74) is 29.4. The molecule has 3 aromatic carbocycles. The number of nitrogens with one attached hydrogen (secondary N) is 3. The molecule has 4 aromatic heterocycles. The third-order valence-electron chi connectivity index (χ3n) is 9.91. The molecule has 0 unspecified atom stereocenters. The molecular formula is C44H41N5. The van der Waals surface area contributed by atoms with Crippen molar-refractivity contribution in [2.75, 3.05) is 0 Å². The number of aromatic amines is 3. The molecule has 0 amide bonds. The Morgan fingerprint density at radius 3 is 1.33 bits per heavy atom. The Bertz CT molecular complexity index is 2540. The highest BCUT2D eigenvalue weighted by molar-refractivity contribution is 6.01. The van der Waals surface area contributed by atoms with Gasteiger partial charge in [-0.15, -0.1) is 0 Å². The fraction of sp³-hybridized carbons (Fsp3) is 0.159. The van der Waals surface area contributed by atoms with Gasteiger partial charge in [-0.25, -0.2) is 4.98 Å². The monoisotopic (exact) mass is 639 g/mol. The van der Waals surface area contributed by atoms with Crippen molar-refractivity contribution in [1.29, 1.82) is 0 Å². The fourth-order valence-electron chi connectivity index (χ4n) is 7.94. The molecule has 242 valence electrons. The molecular weight excluding hydrogens is 599 g/mol. The van der Waals surface area contributed by atoms with Crippen molar-refractivity contribution >= 4 is 45.3 Å². The highest BCUT2D eigenvalue weighted by atomic mass is 14.8. The molecule has 1 aliphatic rings. The Morgan fingerprint density at radius 2 is 0.837 bits per heavy atom. The van der Waals surface area contributed by atoms with Crippen molar-refractivity contribution in [2.45, 2.75) is 48.1 Å². The lowest BCUT2D eigenvalue weighted by Gasteiger charge is -2.13. The molecule has 0 fully saturated rings. The number of nitrogens with two attached hydrogens (primary N) is 1. The van der Waals surface area contributed by atoms with Gasteiger partial charge in [-0.05, 0) is 135 Å². The lowest BCUT2D eigenvalue weighted by molar-refractivity contribution is 1.07. The largest absolute Gasteiger partial charge is 0.354 e. The van der Waals surface area contributed by atoms with E-state index in [1.165, 1.54) is 44.5 Å². The van der Waals surface area contributed by atoms with Gasteiger partial charge in [-0.3, -0.25) is 0 Å². The normalized spacial score (nSPS) is 12.0. The van der Waals surface area contributed by atoms with Crippen LogP contribution in [0.15, 0.2) is 84.9 Å². The molecule has 0 radical (unpaired) electrons. The van der Waals surface area contributed by atoms with Crippen LogP contribution in [0.4, 0.5) is 0 Å². The average molecular weight is 640 g/mol. The second-order valence-electron chi connectivity index (χ2n) is 13.6. The Hall–Kier alpha value is -5.65. The Labute approximate surface area is 286 Å². The van der Waals surface area contributed by atoms with Gasteiger partial charge in [-0.2, -0.15) is 0 Å². The van der Waals surface area contributed by atoms with Crippen molar-refractivity contribution in [1.82, 2.24) is 19.9 Å². The summed E-state index contributed by atoms with van der Waals surface area (Å²) in [6.45, 7) is 13.6. The van der Waals surface area contributed by atoms with Crippen LogP contribution in [0.1, 0.15) is 50.3 Å². The van der Waals surface area contributed by atoms with E-state index in [1.54, 1.807) is 0 Å². The molecule has 1 aliphatic heterocycles. The number of benzene rings is 3. The van der Waals surface area contributed by atoms with E-state index in [-0.39, 0.29) is 0 Å². The molecule has 0 spiro atoms. The number of fused-ring (bicyclic) bond motifs is 9. The van der Waals surface area contributed by atoms with E-state index in [4.69, 9.17) is 10.7 Å². The standard InChI is InChI=1S/C44H41N5/c1-24-19-26(3)40(27(4)20-24)43-36-13-11-32(46-36)33-12-14-37(47-33)44(41-28(5)21-25(2)22-29(41)6)39-18-16-35(49-39)42(34-15-17-38(43)48-34)31-9-7-30(23-45)8-10-31/h7-22,46-48H,23,45H2,1-6H3. The van der Waals surface area contributed by atoms with E-state index in [1.807, 2.05) is 0 Å². The highest BCUT2D eigenvalue weighted by Crippen LogP contribution is 2.39. The highest BCUT2D eigenvalue weighted by Gasteiger charge is 2.19. The summed E-state index contributed by atoms with van der Waals surface area (Å²) in [6.07, 6.45) is 4.32. The minimum atomic E-state index is 0.498. The number of H-pyrrole nitrogens is 3. The van der Waals surface area contributed by atoms with Crippen LogP contribution in [-0.4, -0.2) is 19.9 Å². The average Bonchev–Trinajstić information content (AvgIpc) is 3.89. The van der Waals surface area contributed by atoms with Crippen molar-refractivity contribution in [3.63, 3.8) is 0 Å². The maximum absolute atomic E-state index is 6.01. The summed E-state index contributed by atoms with van der Waals surface area (Å²) in [7, 11) is 0. The molecule has 0 aliphatic carbocycles. The molecule has 0 saturated carbocycles. The van der Waals surface area contributed by atoms with E-state index in [0.29, 0.717) is 6.54 Å². The molecule has 8 bridgehead atoms. The zero-order valence-electron chi connectivity index (χ0n) is 29.0. The van der Waals surface area contributed by atoms with Gasteiger partial charge in [0.25, 0.3) is 0 Å². The van der Waals surface area contributed by atoms with Gasteiger partial charge in [0.2, 0.25) is 0 Å². The summed E-state index contributed by atoms with van der Waals surface area (Å²) in [5, 5.41) is 0. The van der Waals surface area contributed by atoms with Gasteiger partial charge < -0.3 is 20.7 Å². The molecule has 5 N–H and O–H groups in total. The van der Waals surface area contributed by atoms with Gasteiger partial charge in [0.05, 0.1) is 22.4 Å². The maximum Gasteiger partial charge on any atom is 0.0737 e. The van der Waals surface area contributed by atoms with Gasteiger partial charge in [-0.1, -0.05) is 59.7 Å². The number of rotatable bonds is 4. The van der Waals surface area contributed by atoms with E-state index in [9.17, 15) is 0 Å². The van der Waals surface area contributed by atoms with Crippen LogP contribution in [0.3, 0.4) is 0 Å². The first-order valence-electron chi connectivity index (χ1n) is 17.0. The second-order valence-corrected chi connectivity index (χ2v) is 13.6. The maximum atomic E-state index is 6.01. The minimum absolute atomic E-state index is 0.498. The summed E-state index contributed by atoms with van der Waals surface area (Å²) >= 11 is 0. The Kier molecular flexibility index (Phi) is 7.38. The van der Waals surface area contributed by atoms with Crippen LogP contribution in [0.5, 0.6) is 0 Å². The molecule has 5 nitrogen and oxygen atoms in total. The zero-order valence-corrected chi connectivity index (χ0v) is 29.0. The quantitative estimate of drug-likeness (QED) is 0.154. The van der Waals surface area contributed by atoms with Crippen LogP contribution < -0.4 is 5.73 Å². The lowest BCUT2D eigenvalue weighted by atomic mass is 9.92. The molecule has 0 saturated heterocycles. The number of nitrogens with zero attached hydrogens (tertiary/aromatic N) is 1. The summed E-state index contributed by atoms with van der Waals surface area (Å²) in [5.74, 6) is 0. The Balaban J connectivity index is 1.57. The number of aryl methyl sites for hydroxylation is 6. The predicted octanol–water partition coefficient (Wildman–Crippen LogP) is 11.0. The van der Waals surface area contributed by atoms with E-state index in [2.05, 4.69) is 154 Å². The van der Waals surface area contributed by atoms with Crippen LogP contribution in [0.2, 0.25) is 0 Å². The molecule has 8 rings (SSSR count). The predicted molar refractivity (Wildman–Crippen MR) is 208 cm³/mol. The first-order valence-corrected chi connectivity index (χ1v) is 17.0. The van der Waals surface area contributed by atoms with Gasteiger partial charge in [0, 0.05) is 45.3 Å². The zero-order chi connectivity index (χ0) is 34.0. The third kappa shape index (κ3) is 5.27. The number of hydrogen-bond acceptors (Lipinski definition) is 2. The summed E-state index contributed by atoms with van der Waals surface area (Å²) in [4.78, 5) is 16.9. The van der Waals surface area contributed by atoms with Crippen LogP contribution in [-0.2, 0) is 6.54 Å². The first kappa shape index (κ1) is 30.7. The molecule has 5 heteroatoms. The molecule has 49 heavy (non-hydrogen) atoms. The van der Waals surface area contributed by atoms with Crippen molar-refractivity contribution < 1.29 is 0 Å². The van der Waals surface area contributed by atoms with Crippen molar-refractivity contribution in [3.8, 4) is 33.4 Å². The van der Waals surface area contributed by atoms with Gasteiger partial charge in [0.15, 0.2) is 0 Å². The van der Waals surface area contributed by atoms with Crippen molar-refractivity contribution in [3.05, 3.63) is 135 Å². The third-order valence-corrected chi connectivity index (χ3v) is 9.91. The summed E-state index contributed by atoms with van der Waals surface area (Å²) in [6, 6.07) is 30.8. The summed E-state index contributed by atoms with van der Waals surface area (Å²) < 4.78 is 0. The smallest absolute Gasteiger partial charge is 0.0737 e. The van der Waals surface area contributed by atoms with E-state index < -0.39 is 0 Å². The number of aromatic nitrogens is 4. The van der Waals surface area contributed by atoms with Crippen LogP contribution in [0.25, 0.3) is 78.6 Å². The second kappa shape index (κ2) is 11.8. The van der Waals surface area contributed by atoms with E-state index in [0.717, 1.165) is 72.3 Å². The van der Waals surface area contributed by atoms with Gasteiger partial charge in [0.1, 0.15) is 0 Å². The van der Waals surface area contributed by atoms with Crippen LogP contribution >= 0.6 is 0 Å². The lowest BCUT2D eigenvalue weighted by Crippen LogP contribution is -1.95. The number of hydrogen-bond donors (Lipinski definition) is 4. The van der Waals surface area contributed by atoms with E-state index >= 15 is 0 Å². The minimum Gasteiger partial charge on any atom is -0.354 e. The SMILES string of the molecule is Cc1cc(C)c(-c2c3nc(c(-c4ccc(CN)cc4)c4ccc([nH]4)c(-c4c(C)cc(C)cc4C)c4ccc([nH]4)c4ccc2[nH]4)C=C3)c(C)c1.